The zero-order valence-corrected chi connectivity index (χ0v) is 8.51. The predicted octanol–water partition coefficient (Wildman–Crippen LogP) is 1.98. The first-order chi connectivity index (χ1) is 6.11. The van der Waals surface area contributed by atoms with Crippen molar-refractivity contribution in [3.8, 4) is 0 Å². The molecule has 0 aliphatic rings. The summed E-state index contributed by atoms with van der Waals surface area (Å²) in [5, 5.41) is 0.397. The monoisotopic (exact) mass is 200 g/mol. The van der Waals surface area contributed by atoms with E-state index in [-0.39, 0.29) is 0 Å². The molecular weight excluding hydrogens is 188 g/mol. The largest absolute Gasteiger partial charge is 0.366 e. The van der Waals surface area contributed by atoms with Crippen molar-refractivity contribution in [2.75, 3.05) is 0 Å². The summed E-state index contributed by atoms with van der Waals surface area (Å²) in [6, 6.07) is 0. The number of hydrogen-bond acceptors (Lipinski definition) is 2. The Kier molecular flexibility index (Phi) is 5.89. The van der Waals surface area contributed by atoms with Crippen LogP contribution < -0.4 is 5.73 Å². The summed E-state index contributed by atoms with van der Waals surface area (Å²) in [5.41, 5.74) is 5.59. The van der Waals surface area contributed by atoms with Gasteiger partial charge in [0.05, 0.1) is 5.03 Å². The van der Waals surface area contributed by atoms with E-state index in [2.05, 4.69) is 4.99 Å². The number of primary amides is 1. The third-order valence-corrected chi connectivity index (χ3v) is 1.56. The maximum Gasteiger partial charge on any atom is 0.244 e. The van der Waals surface area contributed by atoms with Crippen molar-refractivity contribution in [1.82, 2.24) is 0 Å². The Balaban J connectivity index is 4.59. The highest BCUT2D eigenvalue weighted by Gasteiger charge is 2.01. The van der Waals surface area contributed by atoms with Gasteiger partial charge in [0.15, 0.2) is 0 Å². The maximum atomic E-state index is 10.8. The topological polar surface area (TPSA) is 55.4 Å². The molecule has 13 heavy (non-hydrogen) atoms. The molecule has 0 unspecified atom stereocenters. The molecule has 0 bridgehead atoms. The van der Waals surface area contributed by atoms with E-state index in [0.29, 0.717) is 17.0 Å². The quantitative estimate of drug-likeness (QED) is 0.421. The Bertz CT molecular complexity index is 267. The molecule has 0 fully saturated rings. The van der Waals surface area contributed by atoms with Crippen LogP contribution in [0.5, 0.6) is 0 Å². The van der Waals surface area contributed by atoms with Crippen molar-refractivity contribution >= 4 is 23.7 Å². The van der Waals surface area contributed by atoms with Crippen LogP contribution in [-0.4, -0.2) is 12.1 Å². The van der Waals surface area contributed by atoms with Crippen LogP contribution in [0.25, 0.3) is 0 Å². The molecule has 4 heteroatoms. The highest BCUT2D eigenvalue weighted by atomic mass is 35.5. The normalized spacial score (nSPS) is 13.8. The standard InChI is InChI=1S/C9H13ClN2O/c1-3-7(9(11)13)5-8(10)6-12-4-2/h4-6H,3H2,1-2H3,(H2,11,13)/b7-5+,8-6+,12-4?. The average molecular weight is 201 g/mol. The smallest absolute Gasteiger partial charge is 0.244 e. The number of amides is 1. The van der Waals surface area contributed by atoms with E-state index in [1.807, 2.05) is 6.92 Å². The lowest BCUT2D eigenvalue weighted by atomic mass is 10.2. The van der Waals surface area contributed by atoms with Gasteiger partial charge in [-0.2, -0.15) is 0 Å². The van der Waals surface area contributed by atoms with Crippen LogP contribution in [0, 0.1) is 0 Å². The summed E-state index contributed by atoms with van der Waals surface area (Å²) in [6.45, 7) is 3.61. The lowest BCUT2D eigenvalue weighted by Crippen LogP contribution is -2.13. The van der Waals surface area contributed by atoms with E-state index >= 15 is 0 Å². The Morgan fingerprint density at radius 3 is 2.62 bits per heavy atom. The minimum atomic E-state index is -0.450. The van der Waals surface area contributed by atoms with E-state index < -0.39 is 5.91 Å². The molecule has 72 valence electrons. The molecular formula is C9H13ClN2O. The predicted molar refractivity (Wildman–Crippen MR) is 55.7 cm³/mol. The number of hydrogen-bond donors (Lipinski definition) is 1. The van der Waals surface area contributed by atoms with Gasteiger partial charge in [-0.25, -0.2) is 0 Å². The summed E-state index contributed by atoms with van der Waals surface area (Å²) < 4.78 is 0. The van der Waals surface area contributed by atoms with Gasteiger partial charge in [0.25, 0.3) is 0 Å². The van der Waals surface area contributed by atoms with Crippen LogP contribution in [0.3, 0.4) is 0 Å². The first kappa shape index (κ1) is 11.9. The summed E-state index contributed by atoms with van der Waals surface area (Å²) in [6.07, 6.45) is 5.15. The van der Waals surface area contributed by atoms with E-state index in [1.54, 1.807) is 13.1 Å². The number of carbonyl (C=O) groups excluding carboxylic acids is 1. The fourth-order valence-corrected chi connectivity index (χ4v) is 0.885. The van der Waals surface area contributed by atoms with Crippen LogP contribution in [0.15, 0.2) is 27.9 Å². The molecule has 0 aliphatic heterocycles. The van der Waals surface area contributed by atoms with Gasteiger partial charge in [-0.15, -0.1) is 0 Å². The number of nitrogens with two attached hydrogens (primary N) is 1. The first-order valence-corrected chi connectivity index (χ1v) is 4.33. The van der Waals surface area contributed by atoms with Crippen molar-refractivity contribution in [1.29, 1.82) is 0 Å². The SMILES string of the molecule is CC=N/C=C(Cl)\C=C(/CC)C(N)=O. The third kappa shape index (κ3) is 5.20. The molecule has 0 spiro atoms. The van der Waals surface area contributed by atoms with Crippen molar-refractivity contribution in [2.24, 2.45) is 10.7 Å². The van der Waals surface area contributed by atoms with Crippen LogP contribution >= 0.6 is 11.6 Å². The van der Waals surface area contributed by atoms with Crippen molar-refractivity contribution in [2.45, 2.75) is 20.3 Å². The molecule has 1 amide bonds. The average Bonchev–Trinajstić information content (AvgIpc) is 2.10. The van der Waals surface area contributed by atoms with Crippen molar-refractivity contribution < 1.29 is 4.79 Å². The summed E-state index contributed by atoms with van der Waals surface area (Å²) in [4.78, 5) is 14.6. The number of aliphatic imine (C=N–C) groups is 1. The number of halogens is 1. The van der Waals surface area contributed by atoms with E-state index in [1.165, 1.54) is 12.3 Å². The summed E-state index contributed by atoms with van der Waals surface area (Å²) >= 11 is 5.74. The molecule has 2 N–H and O–H groups in total. The van der Waals surface area contributed by atoms with Gasteiger partial charge in [-0.3, -0.25) is 9.79 Å². The Hall–Kier alpha value is -1.09. The highest BCUT2D eigenvalue weighted by molar-refractivity contribution is 6.31. The van der Waals surface area contributed by atoms with Gasteiger partial charge < -0.3 is 5.73 Å². The molecule has 0 rings (SSSR count). The fraction of sp³-hybridized carbons (Fsp3) is 0.333. The molecule has 0 saturated heterocycles. The van der Waals surface area contributed by atoms with Crippen LogP contribution in [0.1, 0.15) is 20.3 Å². The van der Waals surface area contributed by atoms with Crippen LogP contribution in [0.2, 0.25) is 0 Å². The van der Waals surface area contributed by atoms with Crippen LogP contribution in [0.4, 0.5) is 0 Å². The molecule has 0 atom stereocenters. The van der Waals surface area contributed by atoms with Gasteiger partial charge in [0.1, 0.15) is 0 Å². The van der Waals surface area contributed by atoms with Gasteiger partial charge in [-0.05, 0) is 19.4 Å². The second-order valence-electron chi connectivity index (χ2n) is 2.31. The van der Waals surface area contributed by atoms with Crippen molar-refractivity contribution in [3.05, 3.63) is 22.9 Å². The van der Waals surface area contributed by atoms with Crippen LogP contribution in [-0.2, 0) is 4.79 Å². The minimum absolute atomic E-state index is 0.397. The minimum Gasteiger partial charge on any atom is -0.366 e. The second kappa shape index (κ2) is 6.43. The molecule has 0 aromatic rings. The van der Waals surface area contributed by atoms with Gasteiger partial charge >= 0.3 is 0 Å². The van der Waals surface area contributed by atoms with Gasteiger partial charge in [0, 0.05) is 18.0 Å². The molecule has 0 aromatic carbocycles. The Morgan fingerprint density at radius 1 is 1.62 bits per heavy atom. The Morgan fingerprint density at radius 2 is 2.23 bits per heavy atom. The number of nitrogens with zero attached hydrogens (tertiary/aromatic N) is 1. The maximum absolute atomic E-state index is 10.8. The molecule has 0 aliphatic carbocycles. The Labute approximate surface area is 83.0 Å². The number of allylic oxidation sites excluding steroid dienone is 2. The lowest BCUT2D eigenvalue weighted by molar-refractivity contribution is -0.114. The van der Waals surface area contributed by atoms with Gasteiger partial charge in [-0.1, -0.05) is 18.5 Å². The fourth-order valence-electron chi connectivity index (χ4n) is 0.697. The molecule has 0 heterocycles. The van der Waals surface area contributed by atoms with E-state index in [4.69, 9.17) is 17.3 Å². The summed E-state index contributed by atoms with van der Waals surface area (Å²) in [7, 11) is 0. The van der Waals surface area contributed by atoms with Gasteiger partial charge in [0.2, 0.25) is 5.91 Å². The molecule has 0 saturated carbocycles. The summed E-state index contributed by atoms with van der Waals surface area (Å²) in [5.74, 6) is -0.450. The third-order valence-electron chi connectivity index (χ3n) is 1.36. The highest BCUT2D eigenvalue weighted by Crippen LogP contribution is 2.09. The first-order valence-electron chi connectivity index (χ1n) is 3.95. The van der Waals surface area contributed by atoms with Crippen molar-refractivity contribution in [3.63, 3.8) is 0 Å². The second-order valence-corrected chi connectivity index (χ2v) is 2.75. The molecule has 0 radical (unpaired) electrons. The molecule has 0 aromatic heterocycles. The molecule has 3 nitrogen and oxygen atoms in total. The number of rotatable bonds is 4. The zero-order valence-electron chi connectivity index (χ0n) is 7.75. The lowest BCUT2D eigenvalue weighted by Gasteiger charge is -1.96. The zero-order chi connectivity index (χ0) is 10.3. The number of carbonyl (C=O) groups is 1. The van der Waals surface area contributed by atoms with E-state index in [9.17, 15) is 4.79 Å². The van der Waals surface area contributed by atoms with E-state index in [0.717, 1.165) is 0 Å².